The van der Waals surface area contributed by atoms with Gasteiger partial charge in [0.1, 0.15) is 11.5 Å². The summed E-state index contributed by atoms with van der Waals surface area (Å²) in [7, 11) is 0. The van der Waals surface area contributed by atoms with Crippen molar-refractivity contribution in [2.24, 2.45) is 0 Å². The molecule has 0 aromatic heterocycles. The summed E-state index contributed by atoms with van der Waals surface area (Å²) in [5.74, 6) is -0.358. The Morgan fingerprint density at radius 3 is 1.74 bits per heavy atom. The van der Waals surface area contributed by atoms with Crippen LogP contribution in [-0.4, -0.2) is 39.0 Å². The van der Waals surface area contributed by atoms with Crippen LogP contribution in [0.2, 0.25) is 10.0 Å². The summed E-state index contributed by atoms with van der Waals surface area (Å²) in [6.07, 6.45) is 1.32. The Morgan fingerprint density at radius 1 is 0.791 bits per heavy atom. The van der Waals surface area contributed by atoms with Gasteiger partial charge in [-0.05, 0) is 62.6 Å². The van der Waals surface area contributed by atoms with Gasteiger partial charge in [-0.25, -0.2) is 9.59 Å². The van der Waals surface area contributed by atoms with Crippen LogP contribution in [0.25, 0.3) is 0 Å². The van der Waals surface area contributed by atoms with Crippen LogP contribution < -0.4 is 21.3 Å². The van der Waals surface area contributed by atoms with E-state index < -0.39 is 18.2 Å². The number of phenols is 2. The first-order valence-corrected chi connectivity index (χ1v) is 14.6. The van der Waals surface area contributed by atoms with Crippen molar-refractivity contribution in [3.63, 3.8) is 0 Å². The highest BCUT2D eigenvalue weighted by Gasteiger charge is 2.15. The molecule has 2 unspecified atom stereocenters. The Balaban J connectivity index is 0.000000304. The van der Waals surface area contributed by atoms with Crippen molar-refractivity contribution in [1.82, 2.24) is 10.6 Å². The van der Waals surface area contributed by atoms with Gasteiger partial charge in [-0.2, -0.15) is 0 Å². The maximum Gasteiger partial charge on any atom is 0.319 e. The first-order chi connectivity index (χ1) is 20.3. The van der Waals surface area contributed by atoms with Gasteiger partial charge in [-0.1, -0.05) is 67.2 Å². The fourth-order valence-corrected chi connectivity index (χ4v) is 4.39. The molecule has 0 spiro atoms. The number of phenolic OH excluding ortho intramolecular Hbond substituents is 2. The molecule has 3 aromatic rings. The highest BCUT2D eigenvalue weighted by atomic mass is 35.5. The Kier molecular flexibility index (Phi) is 14.4. The molecule has 0 bridgehead atoms. The van der Waals surface area contributed by atoms with Gasteiger partial charge in [0.2, 0.25) is 0 Å². The smallest absolute Gasteiger partial charge is 0.319 e. The number of aryl methyl sites for hydroxylation is 1. The van der Waals surface area contributed by atoms with Crippen LogP contribution in [0.4, 0.5) is 21.0 Å². The van der Waals surface area contributed by atoms with Crippen molar-refractivity contribution in [3.05, 3.63) is 80.8 Å². The summed E-state index contributed by atoms with van der Waals surface area (Å²) in [6.45, 7) is 8.09. The predicted octanol–water partition coefficient (Wildman–Crippen LogP) is 7.14. The van der Waals surface area contributed by atoms with Crippen molar-refractivity contribution in [2.45, 2.75) is 65.7 Å². The van der Waals surface area contributed by atoms with Gasteiger partial charge in [-0.3, -0.25) is 0 Å². The normalized spacial score (nSPS) is 11.9. The lowest BCUT2D eigenvalue weighted by Crippen LogP contribution is -2.29. The Morgan fingerprint density at radius 2 is 1.28 bits per heavy atom. The zero-order chi connectivity index (χ0) is 32.1. The molecule has 12 heteroatoms. The maximum absolute atomic E-state index is 12.0. The van der Waals surface area contributed by atoms with E-state index in [-0.39, 0.29) is 38.7 Å². The number of carbonyl (C=O) groups excluding carboxylic acids is 2. The molecule has 0 aliphatic carbocycles. The number of anilines is 2. The fourth-order valence-electron chi connectivity index (χ4n) is 3.93. The number of halogens is 2. The lowest BCUT2D eigenvalue weighted by Gasteiger charge is -2.13. The quantitative estimate of drug-likeness (QED) is 0.0872. The average Bonchev–Trinajstić information content (AvgIpc) is 2.94. The number of unbranched alkanes of at least 4 members (excludes halogenated alkanes) is 2. The van der Waals surface area contributed by atoms with Crippen LogP contribution in [0.5, 0.6) is 11.5 Å². The number of benzene rings is 3. The molecule has 10 nitrogen and oxygen atoms in total. The minimum Gasteiger partial charge on any atom is -0.506 e. The van der Waals surface area contributed by atoms with Crippen LogP contribution in [-0.2, 0) is 6.54 Å². The fraction of sp³-hybridized carbons (Fsp3) is 0.355. The van der Waals surface area contributed by atoms with E-state index in [2.05, 4.69) is 28.2 Å². The molecular weight excluding hydrogens is 595 g/mol. The predicted molar refractivity (Wildman–Crippen MR) is 171 cm³/mol. The topological polar surface area (TPSA) is 163 Å². The number of hydrogen-bond acceptors (Lipinski definition) is 6. The van der Waals surface area contributed by atoms with Crippen LogP contribution in [0.15, 0.2) is 48.5 Å². The summed E-state index contributed by atoms with van der Waals surface area (Å²) >= 11 is 11.8. The van der Waals surface area contributed by atoms with Gasteiger partial charge in [0.25, 0.3) is 0 Å². The minimum absolute atomic E-state index is 0.0672. The summed E-state index contributed by atoms with van der Waals surface area (Å²) in [6, 6.07) is 12.9. The summed E-state index contributed by atoms with van der Waals surface area (Å²) in [4.78, 5) is 23.6. The number of carbonyl (C=O) groups is 2. The van der Waals surface area contributed by atoms with Crippen molar-refractivity contribution in [1.29, 1.82) is 0 Å². The van der Waals surface area contributed by atoms with E-state index in [1.54, 1.807) is 0 Å². The number of nitrogens with one attached hydrogen (secondary N) is 4. The van der Waals surface area contributed by atoms with Crippen molar-refractivity contribution in [2.75, 3.05) is 17.2 Å². The molecule has 43 heavy (non-hydrogen) atoms. The van der Waals surface area contributed by atoms with Gasteiger partial charge < -0.3 is 41.7 Å². The van der Waals surface area contributed by atoms with Crippen LogP contribution >= 0.6 is 23.2 Å². The van der Waals surface area contributed by atoms with Gasteiger partial charge in [0, 0.05) is 35.6 Å². The van der Waals surface area contributed by atoms with Crippen molar-refractivity contribution >= 4 is 46.6 Å². The Labute approximate surface area is 262 Å². The number of hydrogen-bond donors (Lipinski definition) is 8. The summed E-state index contributed by atoms with van der Waals surface area (Å²) in [5.41, 5.74) is 3.47. The third-order valence-corrected chi connectivity index (χ3v) is 6.94. The summed E-state index contributed by atoms with van der Waals surface area (Å²) < 4.78 is 0. The van der Waals surface area contributed by atoms with Crippen LogP contribution in [0.1, 0.15) is 74.5 Å². The number of amides is 4. The third-order valence-electron chi connectivity index (χ3n) is 6.37. The molecular formula is C31H40Cl2N4O6. The summed E-state index contributed by atoms with van der Waals surface area (Å²) in [5, 5.41) is 49.6. The van der Waals surface area contributed by atoms with E-state index >= 15 is 0 Å². The second-order valence-corrected chi connectivity index (χ2v) is 10.8. The molecule has 3 rings (SSSR count). The highest BCUT2D eigenvalue weighted by molar-refractivity contribution is 6.32. The zero-order valence-corrected chi connectivity index (χ0v) is 26.2. The van der Waals surface area contributed by atoms with Crippen molar-refractivity contribution in [3.8, 4) is 11.5 Å². The first kappa shape index (κ1) is 35.5. The lowest BCUT2D eigenvalue weighted by molar-refractivity contribution is 0.194. The van der Waals surface area contributed by atoms with E-state index in [0.717, 1.165) is 30.4 Å². The van der Waals surface area contributed by atoms with Gasteiger partial charge in [0.15, 0.2) is 0 Å². The van der Waals surface area contributed by atoms with E-state index in [9.17, 15) is 30.0 Å². The highest BCUT2D eigenvalue weighted by Crippen LogP contribution is 2.35. The van der Waals surface area contributed by atoms with E-state index in [4.69, 9.17) is 23.2 Å². The maximum atomic E-state index is 12.0. The number of rotatable bonds is 10. The van der Waals surface area contributed by atoms with E-state index in [0.29, 0.717) is 24.5 Å². The average molecular weight is 636 g/mol. The van der Waals surface area contributed by atoms with Crippen molar-refractivity contribution < 1.29 is 30.0 Å². The first-order valence-electron chi connectivity index (χ1n) is 13.9. The molecule has 0 radical (unpaired) electrons. The number of urea groups is 2. The lowest BCUT2D eigenvalue weighted by atomic mass is 10.1. The number of aliphatic hydroxyl groups excluding tert-OH is 2. The Hall–Kier alpha value is -3.70. The molecule has 0 aliphatic heterocycles. The minimum atomic E-state index is -0.899. The molecule has 4 amide bonds. The second-order valence-electron chi connectivity index (χ2n) is 9.97. The molecule has 234 valence electrons. The number of aliphatic hydroxyl groups is 2. The van der Waals surface area contributed by atoms with Crippen LogP contribution in [0, 0.1) is 6.92 Å². The van der Waals surface area contributed by atoms with E-state index in [1.807, 2.05) is 31.2 Å². The second kappa shape index (κ2) is 17.4. The third kappa shape index (κ3) is 11.5. The molecule has 0 aliphatic rings. The molecule has 0 saturated carbocycles. The molecule has 2 atom stereocenters. The monoisotopic (exact) mass is 634 g/mol. The van der Waals surface area contributed by atoms with Crippen LogP contribution in [0.3, 0.4) is 0 Å². The largest absolute Gasteiger partial charge is 0.506 e. The van der Waals surface area contributed by atoms with E-state index in [1.165, 1.54) is 38.1 Å². The molecule has 0 fully saturated rings. The standard InChI is InChI=1S/C17H19ClN2O3.C14H21ClN2O3/c1-10-5-3-4-6-12(10)9-19-17(23)20-13-7-14(11(2)21)16(22)15(18)8-13;1-3-4-5-6-16-14(20)17-10-7-11(9(2)18)13(19)12(15)8-10/h3-8,11,21-22H,9H2,1-2H3,(H2,19,20,23);7-9,18-19H,3-6H2,1-2H3,(H2,16,17,20). The molecule has 8 N–H and O–H groups in total. The van der Waals surface area contributed by atoms with Gasteiger partial charge in [-0.15, -0.1) is 0 Å². The molecule has 3 aromatic carbocycles. The number of aromatic hydroxyl groups is 2. The van der Waals surface area contributed by atoms with Gasteiger partial charge in [0.05, 0.1) is 22.3 Å². The Bertz CT molecular complexity index is 1380. The molecule has 0 heterocycles. The SMILES string of the molecule is CCCCCNC(=O)Nc1cc(Cl)c(O)c(C(C)O)c1.Cc1ccccc1CNC(=O)Nc1cc(Cl)c(O)c(C(C)O)c1. The van der Waals surface area contributed by atoms with Gasteiger partial charge >= 0.3 is 12.1 Å². The zero-order valence-electron chi connectivity index (χ0n) is 24.7. The molecule has 0 saturated heterocycles.